The van der Waals surface area contributed by atoms with E-state index in [0.717, 1.165) is 6.20 Å². The third kappa shape index (κ3) is 3.95. The topological polar surface area (TPSA) is 67.2 Å². The van der Waals surface area contributed by atoms with Gasteiger partial charge in [0.05, 0.1) is 23.6 Å². The summed E-state index contributed by atoms with van der Waals surface area (Å²) in [7, 11) is 0. The van der Waals surface area contributed by atoms with Gasteiger partial charge in [0.2, 0.25) is 0 Å². The van der Waals surface area contributed by atoms with Gasteiger partial charge in [0, 0.05) is 43.6 Å². The van der Waals surface area contributed by atoms with E-state index in [1.165, 1.54) is 23.1 Å². The normalized spacial score (nSPS) is 14.8. The van der Waals surface area contributed by atoms with Gasteiger partial charge < -0.3 is 9.80 Å². The van der Waals surface area contributed by atoms with E-state index in [9.17, 15) is 18.0 Å². The van der Waals surface area contributed by atoms with Gasteiger partial charge in [0.1, 0.15) is 5.82 Å². The lowest BCUT2D eigenvalue weighted by atomic mass is 10.2. The highest BCUT2D eigenvalue weighted by atomic mass is 35.5. The van der Waals surface area contributed by atoms with Crippen molar-refractivity contribution >= 4 is 23.3 Å². The first-order valence-electron chi connectivity index (χ1n) is 9.06. The molecule has 0 aliphatic carbocycles. The number of carbonyl (C=O) groups is 1. The first-order chi connectivity index (χ1) is 14.3. The number of aromatic nitrogens is 4. The summed E-state index contributed by atoms with van der Waals surface area (Å²) in [6.07, 6.45) is 0.910. The van der Waals surface area contributed by atoms with Gasteiger partial charge in [-0.05, 0) is 18.2 Å². The molecule has 1 aliphatic heterocycles. The van der Waals surface area contributed by atoms with E-state index in [1.54, 1.807) is 24.7 Å². The number of piperazine rings is 1. The molecule has 0 saturated carbocycles. The van der Waals surface area contributed by atoms with Gasteiger partial charge >= 0.3 is 6.18 Å². The van der Waals surface area contributed by atoms with Crippen molar-refractivity contribution in [3.63, 3.8) is 0 Å². The number of benzene rings is 1. The molecule has 0 radical (unpaired) electrons. The lowest BCUT2D eigenvalue weighted by Gasteiger charge is -2.35. The van der Waals surface area contributed by atoms with E-state index < -0.39 is 23.3 Å². The molecule has 30 heavy (non-hydrogen) atoms. The van der Waals surface area contributed by atoms with E-state index in [2.05, 4.69) is 15.1 Å². The second kappa shape index (κ2) is 7.94. The second-order valence-corrected chi connectivity index (χ2v) is 7.08. The van der Waals surface area contributed by atoms with Crippen molar-refractivity contribution in [1.82, 2.24) is 24.6 Å². The van der Waals surface area contributed by atoms with Crippen LogP contribution in [0.25, 0.3) is 5.69 Å². The highest BCUT2D eigenvalue weighted by Crippen LogP contribution is 2.34. The molecule has 0 spiro atoms. The molecular weight excluding hydrogens is 421 g/mol. The third-order valence-electron chi connectivity index (χ3n) is 4.76. The van der Waals surface area contributed by atoms with E-state index >= 15 is 0 Å². The van der Waals surface area contributed by atoms with Gasteiger partial charge in [0.25, 0.3) is 5.91 Å². The number of hydrogen-bond donors (Lipinski definition) is 0. The fraction of sp³-hybridized carbons (Fsp3) is 0.263. The molecule has 1 aromatic carbocycles. The zero-order valence-electron chi connectivity index (χ0n) is 15.6. The average molecular weight is 437 g/mol. The summed E-state index contributed by atoms with van der Waals surface area (Å²) in [6, 6.07) is 5.87. The van der Waals surface area contributed by atoms with E-state index in [4.69, 9.17) is 11.6 Å². The van der Waals surface area contributed by atoms with Crippen LogP contribution < -0.4 is 4.90 Å². The molecule has 1 amide bonds. The SMILES string of the molecule is O=C(c1cnn(-c2cccc(Cl)c2)c1C(F)(F)F)N1CCN(c2cnccn2)CC1. The standard InChI is InChI=1S/C19H16ClF3N6O/c20-13-2-1-3-14(10-13)29-17(19(21,22)23)15(11-26-29)18(30)28-8-6-27(7-9-28)16-12-24-4-5-25-16/h1-5,10-12H,6-9H2. The highest BCUT2D eigenvalue weighted by molar-refractivity contribution is 6.30. The van der Waals surface area contributed by atoms with Gasteiger partial charge in [0.15, 0.2) is 5.69 Å². The van der Waals surface area contributed by atoms with Crippen molar-refractivity contribution in [2.75, 3.05) is 31.1 Å². The minimum absolute atomic E-state index is 0.126. The molecule has 0 atom stereocenters. The Hall–Kier alpha value is -3.14. The lowest BCUT2D eigenvalue weighted by molar-refractivity contribution is -0.143. The number of carbonyl (C=O) groups excluding carboxylic acids is 1. The number of hydrogen-bond acceptors (Lipinski definition) is 5. The zero-order chi connectivity index (χ0) is 21.3. The van der Waals surface area contributed by atoms with Crippen LogP contribution in [0.5, 0.6) is 0 Å². The maximum Gasteiger partial charge on any atom is 0.434 e. The van der Waals surface area contributed by atoms with Crippen LogP contribution in [0.4, 0.5) is 19.0 Å². The predicted molar refractivity (Wildman–Crippen MR) is 104 cm³/mol. The molecule has 1 fully saturated rings. The Balaban J connectivity index is 1.59. The Morgan fingerprint density at radius 3 is 2.47 bits per heavy atom. The molecule has 0 unspecified atom stereocenters. The summed E-state index contributed by atoms with van der Waals surface area (Å²) in [5, 5.41) is 4.10. The smallest absolute Gasteiger partial charge is 0.352 e. The fourth-order valence-corrected chi connectivity index (χ4v) is 3.53. The molecular formula is C19H16ClF3N6O. The summed E-state index contributed by atoms with van der Waals surface area (Å²) in [5.74, 6) is -0.0521. The number of nitrogens with zero attached hydrogens (tertiary/aromatic N) is 6. The van der Waals surface area contributed by atoms with Crippen LogP contribution in [0.3, 0.4) is 0 Å². The van der Waals surface area contributed by atoms with Gasteiger partial charge in [-0.1, -0.05) is 17.7 Å². The Morgan fingerprint density at radius 1 is 1.07 bits per heavy atom. The third-order valence-corrected chi connectivity index (χ3v) is 5.00. The molecule has 0 N–H and O–H groups in total. The van der Waals surface area contributed by atoms with Gasteiger partial charge in [-0.15, -0.1) is 0 Å². The van der Waals surface area contributed by atoms with Crippen LogP contribution in [0.2, 0.25) is 5.02 Å². The van der Waals surface area contributed by atoms with Crippen LogP contribution in [0.15, 0.2) is 49.1 Å². The van der Waals surface area contributed by atoms with Crippen LogP contribution in [-0.2, 0) is 6.18 Å². The number of amides is 1. The molecule has 0 bridgehead atoms. The van der Waals surface area contributed by atoms with Crippen LogP contribution >= 0.6 is 11.6 Å². The van der Waals surface area contributed by atoms with Crippen molar-refractivity contribution in [3.8, 4) is 5.69 Å². The van der Waals surface area contributed by atoms with Crippen LogP contribution in [0, 0.1) is 0 Å². The minimum atomic E-state index is -4.77. The summed E-state index contributed by atoms with van der Waals surface area (Å²) in [5.41, 5.74) is -1.48. The van der Waals surface area contributed by atoms with Crippen molar-refractivity contribution < 1.29 is 18.0 Å². The molecule has 3 aromatic rings. The summed E-state index contributed by atoms with van der Waals surface area (Å²) in [6.45, 7) is 1.40. The molecule has 3 heterocycles. The quantitative estimate of drug-likeness (QED) is 0.630. The lowest BCUT2D eigenvalue weighted by Crippen LogP contribution is -2.49. The molecule has 11 heteroatoms. The van der Waals surface area contributed by atoms with Crippen molar-refractivity contribution in [1.29, 1.82) is 0 Å². The highest BCUT2D eigenvalue weighted by Gasteiger charge is 2.41. The Kier molecular flexibility index (Phi) is 5.33. The van der Waals surface area contributed by atoms with E-state index in [0.29, 0.717) is 23.6 Å². The summed E-state index contributed by atoms with van der Waals surface area (Å²) >= 11 is 5.90. The Bertz CT molecular complexity index is 1050. The maximum absolute atomic E-state index is 13.9. The van der Waals surface area contributed by atoms with Gasteiger partial charge in [-0.25, -0.2) is 9.67 Å². The largest absolute Gasteiger partial charge is 0.434 e. The van der Waals surface area contributed by atoms with Crippen molar-refractivity contribution in [2.45, 2.75) is 6.18 Å². The molecule has 1 aliphatic rings. The molecule has 7 nitrogen and oxygen atoms in total. The van der Waals surface area contributed by atoms with Crippen LogP contribution in [0.1, 0.15) is 16.1 Å². The Morgan fingerprint density at radius 2 is 1.83 bits per heavy atom. The zero-order valence-corrected chi connectivity index (χ0v) is 16.3. The predicted octanol–water partition coefficient (Wildman–Crippen LogP) is 3.30. The van der Waals surface area contributed by atoms with Crippen molar-refractivity contribution in [3.05, 3.63) is 65.3 Å². The second-order valence-electron chi connectivity index (χ2n) is 6.64. The average Bonchev–Trinajstić information content (AvgIpc) is 3.20. The Labute approximate surface area is 174 Å². The molecule has 156 valence electrons. The van der Waals surface area contributed by atoms with Crippen LogP contribution in [-0.4, -0.2) is 56.7 Å². The number of alkyl halides is 3. The number of rotatable bonds is 3. The fourth-order valence-electron chi connectivity index (χ4n) is 3.34. The minimum Gasteiger partial charge on any atom is -0.352 e. The van der Waals surface area contributed by atoms with E-state index in [-0.39, 0.29) is 23.8 Å². The summed E-state index contributed by atoms with van der Waals surface area (Å²) < 4.78 is 42.3. The van der Waals surface area contributed by atoms with Crippen molar-refractivity contribution in [2.24, 2.45) is 0 Å². The first kappa shape index (κ1) is 20.1. The maximum atomic E-state index is 13.9. The monoisotopic (exact) mass is 436 g/mol. The van der Waals surface area contributed by atoms with Gasteiger partial charge in [-0.2, -0.15) is 18.3 Å². The van der Waals surface area contributed by atoms with Gasteiger partial charge in [-0.3, -0.25) is 9.78 Å². The first-order valence-corrected chi connectivity index (χ1v) is 9.44. The molecule has 4 rings (SSSR count). The molecule has 1 saturated heterocycles. The van der Waals surface area contributed by atoms with E-state index in [1.807, 2.05) is 4.90 Å². The number of halogens is 4. The number of anilines is 1. The molecule has 2 aromatic heterocycles. The summed E-state index contributed by atoms with van der Waals surface area (Å²) in [4.78, 5) is 24.5.